The molecule has 6 heteroatoms. The van der Waals surface area contributed by atoms with Crippen molar-refractivity contribution in [2.45, 2.75) is 33.2 Å². The zero-order valence-electron chi connectivity index (χ0n) is 12.2. The van der Waals surface area contributed by atoms with E-state index in [4.69, 9.17) is 0 Å². The van der Waals surface area contributed by atoms with E-state index in [1.165, 1.54) is 4.90 Å². The molecule has 0 spiro atoms. The van der Waals surface area contributed by atoms with Crippen molar-refractivity contribution in [3.63, 3.8) is 0 Å². The maximum atomic E-state index is 12.3. The molecule has 0 radical (unpaired) electrons. The van der Waals surface area contributed by atoms with Gasteiger partial charge in [0.15, 0.2) is 0 Å². The summed E-state index contributed by atoms with van der Waals surface area (Å²) in [5, 5.41) is 2.84. The van der Waals surface area contributed by atoms with Crippen LogP contribution < -0.4 is 5.32 Å². The molecule has 0 saturated carbocycles. The van der Waals surface area contributed by atoms with Gasteiger partial charge in [-0.25, -0.2) is 4.98 Å². The predicted molar refractivity (Wildman–Crippen MR) is 81.4 cm³/mol. The maximum Gasteiger partial charge on any atom is 0.272 e. The van der Waals surface area contributed by atoms with Gasteiger partial charge in [-0.1, -0.05) is 6.07 Å². The van der Waals surface area contributed by atoms with Gasteiger partial charge in [0.05, 0.1) is 6.54 Å². The highest BCUT2D eigenvalue weighted by molar-refractivity contribution is 9.10. The molecule has 1 heterocycles. The minimum absolute atomic E-state index is 0.0286. The van der Waals surface area contributed by atoms with E-state index in [0.29, 0.717) is 16.8 Å². The van der Waals surface area contributed by atoms with Gasteiger partial charge in [0.1, 0.15) is 10.3 Å². The van der Waals surface area contributed by atoms with Gasteiger partial charge in [0.2, 0.25) is 5.91 Å². The third kappa shape index (κ3) is 5.28. The number of pyridine rings is 1. The fraction of sp³-hybridized carbons (Fsp3) is 0.500. The number of carbonyl (C=O) groups is 2. The number of nitrogens with zero attached hydrogens (tertiary/aromatic N) is 2. The number of aromatic nitrogens is 1. The molecule has 2 amide bonds. The molecular formula is C14H20BrN3O2. The Bertz CT molecular complexity index is 497. The van der Waals surface area contributed by atoms with Crippen molar-refractivity contribution in [3.05, 3.63) is 28.5 Å². The maximum absolute atomic E-state index is 12.3. The molecule has 0 aromatic carbocycles. The Kier molecular flexibility index (Phi) is 5.68. The summed E-state index contributed by atoms with van der Waals surface area (Å²) in [6, 6.07) is 5.13. The summed E-state index contributed by atoms with van der Waals surface area (Å²) >= 11 is 3.23. The van der Waals surface area contributed by atoms with Gasteiger partial charge in [-0.05, 0) is 55.8 Å². The van der Waals surface area contributed by atoms with Gasteiger partial charge >= 0.3 is 0 Å². The van der Waals surface area contributed by atoms with Crippen LogP contribution in [-0.2, 0) is 4.79 Å². The van der Waals surface area contributed by atoms with Crippen LogP contribution in [-0.4, -0.2) is 40.3 Å². The third-order valence-corrected chi connectivity index (χ3v) is 2.89. The lowest BCUT2D eigenvalue weighted by molar-refractivity contribution is -0.123. The Morgan fingerprint density at radius 2 is 2.00 bits per heavy atom. The van der Waals surface area contributed by atoms with Crippen LogP contribution in [0.3, 0.4) is 0 Å². The Hall–Kier alpha value is -1.43. The topological polar surface area (TPSA) is 62.3 Å². The fourth-order valence-electron chi connectivity index (χ4n) is 1.65. The second-order valence-corrected chi connectivity index (χ2v) is 6.28. The molecule has 1 aromatic heterocycles. The normalized spacial score (nSPS) is 11.1. The zero-order chi connectivity index (χ0) is 15.3. The number of carbonyl (C=O) groups excluding carboxylic acids is 2. The van der Waals surface area contributed by atoms with E-state index in [1.54, 1.807) is 18.2 Å². The first-order chi connectivity index (χ1) is 9.23. The quantitative estimate of drug-likeness (QED) is 0.854. The molecule has 0 atom stereocenters. The van der Waals surface area contributed by atoms with E-state index in [2.05, 4.69) is 26.2 Å². The molecule has 0 fully saturated rings. The fourth-order valence-corrected chi connectivity index (χ4v) is 1.99. The molecule has 0 saturated heterocycles. The minimum atomic E-state index is -0.312. The zero-order valence-corrected chi connectivity index (χ0v) is 13.8. The van der Waals surface area contributed by atoms with Crippen molar-refractivity contribution in [1.82, 2.24) is 15.2 Å². The molecule has 0 bridgehead atoms. The molecule has 1 aromatic rings. The highest BCUT2D eigenvalue weighted by atomic mass is 79.9. The van der Waals surface area contributed by atoms with Gasteiger partial charge in [0, 0.05) is 12.1 Å². The molecule has 0 aliphatic heterocycles. The highest BCUT2D eigenvalue weighted by Crippen LogP contribution is 2.09. The average molecular weight is 342 g/mol. The molecule has 0 aliphatic rings. The molecule has 0 aliphatic carbocycles. The van der Waals surface area contributed by atoms with Crippen molar-refractivity contribution >= 4 is 27.7 Å². The summed E-state index contributed by atoms with van der Waals surface area (Å²) in [5.74, 6) is -0.430. The van der Waals surface area contributed by atoms with Crippen LogP contribution in [0, 0.1) is 0 Å². The Labute approximate surface area is 127 Å². The third-order valence-electron chi connectivity index (χ3n) is 2.45. The molecule has 1 N–H and O–H groups in total. The van der Waals surface area contributed by atoms with Crippen molar-refractivity contribution in [2.24, 2.45) is 0 Å². The van der Waals surface area contributed by atoms with Gasteiger partial charge in [-0.15, -0.1) is 0 Å². The number of rotatable bonds is 4. The number of likely N-dealkylation sites (N-methyl/N-ethyl adjacent to an activating group) is 1. The lowest BCUT2D eigenvalue weighted by atomic mass is 10.1. The molecular weight excluding hydrogens is 322 g/mol. The van der Waals surface area contributed by atoms with E-state index in [1.807, 2.05) is 27.7 Å². The van der Waals surface area contributed by atoms with E-state index in [0.717, 1.165) is 0 Å². The van der Waals surface area contributed by atoms with Crippen molar-refractivity contribution in [3.8, 4) is 0 Å². The minimum Gasteiger partial charge on any atom is -0.350 e. The summed E-state index contributed by atoms with van der Waals surface area (Å²) in [5.41, 5.74) is 0.0119. The number of hydrogen-bond acceptors (Lipinski definition) is 3. The number of halogens is 1. The van der Waals surface area contributed by atoms with Crippen LogP contribution >= 0.6 is 15.9 Å². The van der Waals surface area contributed by atoms with E-state index < -0.39 is 0 Å². The molecule has 0 unspecified atom stereocenters. The molecule has 110 valence electrons. The summed E-state index contributed by atoms with van der Waals surface area (Å²) in [4.78, 5) is 29.8. The van der Waals surface area contributed by atoms with Gasteiger partial charge < -0.3 is 10.2 Å². The second-order valence-electron chi connectivity index (χ2n) is 5.46. The number of nitrogens with one attached hydrogen (secondary N) is 1. The largest absolute Gasteiger partial charge is 0.350 e. The monoisotopic (exact) mass is 341 g/mol. The Balaban J connectivity index is 2.76. The lowest BCUT2D eigenvalue weighted by Gasteiger charge is -2.24. The highest BCUT2D eigenvalue weighted by Gasteiger charge is 2.21. The van der Waals surface area contributed by atoms with Crippen LogP contribution in [0.5, 0.6) is 0 Å². The summed E-state index contributed by atoms with van der Waals surface area (Å²) in [7, 11) is 0. The van der Waals surface area contributed by atoms with E-state index in [-0.39, 0.29) is 23.9 Å². The van der Waals surface area contributed by atoms with Crippen molar-refractivity contribution in [1.29, 1.82) is 0 Å². The first-order valence-corrected chi connectivity index (χ1v) is 7.25. The molecule has 5 nitrogen and oxygen atoms in total. The van der Waals surface area contributed by atoms with E-state index >= 15 is 0 Å². The second kappa shape index (κ2) is 6.83. The van der Waals surface area contributed by atoms with Crippen LogP contribution in [0.1, 0.15) is 38.2 Å². The summed E-state index contributed by atoms with van der Waals surface area (Å²) in [6.07, 6.45) is 0. The van der Waals surface area contributed by atoms with Crippen LogP contribution in [0.4, 0.5) is 0 Å². The first-order valence-electron chi connectivity index (χ1n) is 6.46. The number of hydrogen-bond donors (Lipinski definition) is 1. The smallest absolute Gasteiger partial charge is 0.272 e. The van der Waals surface area contributed by atoms with Crippen LogP contribution in [0.2, 0.25) is 0 Å². The van der Waals surface area contributed by atoms with Crippen LogP contribution in [0.25, 0.3) is 0 Å². The lowest BCUT2D eigenvalue weighted by Crippen LogP contribution is -2.47. The van der Waals surface area contributed by atoms with E-state index in [9.17, 15) is 9.59 Å². The Morgan fingerprint density at radius 1 is 1.35 bits per heavy atom. The van der Waals surface area contributed by atoms with Gasteiger partial charge in [0.25, 0.3) is 5.91 Å². The first kappa shape index (κ1) is 16.6. The number of amides is 2. The SMILES string of the molecule is CCN(CC(=O)NC(C)(C)C)C(=O)c1cccc(Br)n1. The van der Waals surface area contributed by atoms with Crippen LogP contribution in [0.15, 0.2) is 22.8 Å². The average Bonchev–Trinajstić information content (AvgIpc) is 2.33. The van der Waals surface area contributed by atoms with Gasteiger partial charge in [-0.2, -0.15) is 0 Å². The Morgan fingerprint density at radius 3 is 2.50 bits per heavy atom. The predicted octanol–water partition coefficient (Wildman–Crippen LogP) is 2.22. The van der Waals surface area contributed by atoms with Gasteiger partial charge in [-0.3, -0.25) is 9.59 Å². The summed E-state index contributed by atoms with van der Waals surface area (Å²) < 4.78 is 0.596. The summed E-state index contributed by atoms with van der Waals surface area (Å²) in [6.45, 7) is 8.02. The van der Waals surface area contributed by atoms with Crippen molar-refractivity contribution < 1.29 is 9.59 Å². The molecule has 20 heavy (non-hydrogen) atoms. The molecule has 1 rings (SSSR count). The van der Waals surface area contributed by atoms with Crippen molar-refractivity contribution in [2.75, 3.05) is 13.1 Å². The standard InChI is InChI=1S/C14H20BrN3O2/c1-5-18(9-12(19)17-14(2,3)4)13(20)10-7-6-8-11(15)16-10/h6-8H,5,9H2,1-4H3,(H,17,19).